The van der Waals surface area contributed by atoms with Gasteiger partial charge in [-0.25, -0.2) is 0 Å². The molecule has 2 unspecified atom stereocenters. The van der Waals surface area contributed by atoms with Gasteiger partial charge < -0.3 is 10.6 Å². The summed E-state index contributed by atoms with van der Waals surface area (Å²) in [4.78, 5) is 11.9. The van der Waals surface area contributed by atoms with Crippen molar-refractivity contribution < 1.29 is 4.79 Å². The maximum Gasteiger partial charge on any atom is 0.252 e. The standard InChI is InChI=1S/C11H15BrN2OS/c1-7-9(3-2-4-13-7)14-11(15)8-5-10(12)16-6-8/h5-7,9,13H,2-4H2,1H3,(H,14,15). The zero-order valence-electron chi connectivity index (χ0n) is 9.13. The van der Waals surface area contributed by atoms with Crippen LogP contribution in [0.25, 0.3) is 0 Å². The molecule has 1 aromatic rings. The third-order valence-corrected chi connectivity index (χ3v) is 4.41. The molecular formula is C11H15BrN2OS. The van der Waals surface area contributed by atoms with Gasteiger partial charge in [-0.3, -0.25) is 4.79 Å². The summed E-state index contributed by atoms with van der Waals surface area (Å²) in [5.41, 5.74) is 0.745. The average Bonchev–Trinajstić information content (AvgIpc) is 2.68. The topological polar surface area (TPSA) is 41.1 Å². The van der Waals surface area contributed by atoms with Crippen LogP contribution in [0.1, 0.15) is 30.1 Å². The lowest BCUT2D eigenvalue weighted by Gasteiger charge is -2.30. The van der Waals surface area contributed by atoms with E-state index >= 15 is 0 Å². The highest BCUT2D eigenvalue weighted by atomic mass is 79.9. The van der Waals surface area contributed by atoms with E-state index < -0.39 is 0 Å². The predicted octanol–water partition coefficient (Wildman–Crippen LogP) is 2.38. The van der Waals surface area contributed by atoms with Crippen molar-refractivity contribution >= 4 is 33.2 Å². The molecule has 3 nitrogen and oxygen atoms in total. The summed E-state index contributed by atoms with van der Waals surface area (Å²) in [7, 11) is 0. The number of carbonyl (C=O) groups is 1. The van der Waals surface area contributed by atoms with Crippen molar-refractivity contribution in [3.05, 3.63) is 20.8 Å². The molecule has 2 atom stereocenters. The Bertz CT molecular complexity index is 380. The summed E-state index contributed by atoms with van der Waals surface area (Å²) in [5, 5.41) is 8.33. The molecule has 2 N–H and O–H groups in total. The van der Waals surface area contributed by atoms with E-state index in [0.29, 0.717) is 6.04 Å². The van der Waals surface area contributed by atoms with Crippen LogP contribution in [0.5, 0.6) is 0 Å². The van der Waals surface area contributed by atoms with Crippen molar-refractivity contribution in [1.82, 2.24) is 10.6 Å². The smallest absolute Gasteiger partial charge is 0.252 e. The molecule has 0 bridgehead atoms. The van der Waals surface area contributed by atoms with Crippen LogP contribution in [-0.2, 0) is 0 Å². The van der Waals surface area contributed by atoms with E-state index in [1.165, 1.54) is 11.3 Å². The number of amides is 1. The number of halogens is 1. The highest BCUT2D eigenvalue weighted by Gasteiger charge is 2.22. The molecule has 2 rings (SSSR count). The fourth-order valence-electron chi connectivity index (χ4n) is 1.92. The van der Waals surface area contributed by atoms with Crippen molar-refractivity contribution in [2.45, 2.75) is 31.8 Å². The Labute approximate surface area is 108 Å². The SMILES string of the molecule is CC1NCCCC1NC(=O)c1csc(Br)c1. The average molecular weight is 303 g/mol. The van der Waals surface area contributed by atoms with Gasteiger partial charge in [0.2, 0.25) is 0 Å². The summed E-state index contributed by atoms with van der Waals surface area (Å²) < 4.78 is 0.993. The summed E-state index contributed by atoms with van der Waals surface area (Å²) in [6, 6.07) is 2.47. The Morgan fingerprint density at radius 3 is 3.12 bits per heavy atom. The van der Waals surface area contributed by atoms with E-state index in [1.54, 1.807) is 0 Å². The summed E-state index contributed by atoms with van der Waals surface area (Å²) in [5.74, 6) is 0.0301. The van der Waals surface area contributed by atoms with Crippen LogP contribution in [-0.4, -0.2) is 24.5 Å². The van der Waals surface area contributed by atoms with Gasteiger partial charge in [0.25, 0.3) is 5.91 Å². The van der Waals surface area contributed by atoms with Crippen molar-refractivity contribution in [3.63, 3.8) is 0 Å². The van der Waals surface area contributed by atoms with Crippen LogP contribution in [0.15, 0.2) is 15.2 Å². The molecule has 0 saturated carbocycles. The summed E-state index contributed by atoms with van der Waals surface area (Å²) in [6.45, 7) is 3.17. The lowest BCUT2D eigenvalue weighted by molar-refractivity contribution is 0.0920. The maximum absolute atomic E-state index is 11.9. The van der Waals surface area contributed by atoms with Crippen LogP contribution in [0.4, 0.5) is 0 Å². The fraction of sp³-hybridized carbons (Fsp3) is 0.545. The van der Waals surface area contributed by atoms with Crippen LogP contribution < -0.4 is 10.6 Å². The molecule has 1 fully saturated rings. The predicted molar refractivity (Wildman–Crippen MR) is 70.0 cm³/mol. The van der Waals surface area contributed by atoms with Gasteiger partial charge in [0.1, 0.15) is 0 Å². The molecule has 16 heavy (non-hydrogen) atoms. The number of hydrogen-bond acceptors (Lipinski definition) is 3. The highest BCUT2D eigenvalue weighted by Crippen LogP contribution is 2.21. The van der Waals surface area contributed by atoms with Gasteiger partial charge in [-0.1, -0.05) is 0 Å². The number of hydrogen-bond donors (Lipinski definition) is 2. The van der Waals surface area contributed by atoms with Crippen molar-refractivity contribution in [2.75, 3.05) is 6.54 Å². The molecule has 2 heterocycles. The summed E-state index contributed by atoms with van der Waals surface area (Å²) in [6.07, 6.45) is 2.19. The van der Waals surface area contributed by atoms with Crippen LogP contribution in [0.3, 0.4) is 0 Å². The molecular weight excluding hydrogens is 288 g/mol. The Hall–Kier alpha value is -0.390. The second kappa shape index (κ2) is 5.29. The first-order chi connectivity index (χ1) is 7.66. The number of thiophene rings is 1. The molecule has 1 saturated heterocycles. The molecule has 0 aliphatic carbocycles. The Balaban J connectivity index is 1.96. The van der Waals surface area contributed by atoms with Gasteiger partial charge in [-0.2, -0.15) is 0 Å². The molecule has 88 valence electrons. The molecule has 0 spiro atoms. The van der Waals surface area contributed by atoms with Gasteiger partial charge in [0.05, 0.1) is 9.35 Å². The molecule has 5 heteroatoms. The molecule has 0 aromatic carbocycles. The molecule has 1 aliphatic heterocycles. The minimum Gasteiger partial charge on any atom is -0.348 e. The van der Waals surface area contributed by atoms with E-state index in [0.717, 1.165) is 28.7 Å². The largest absolute Gasteiger partial charge is 0.348 e. The quantitative estimate of drug-likeness (QED) is 0.881. The van der Waals surface area contributed by atoms with Crippen LogP contribution in [0, 0.1) is 0 Å². The first kappa shape index (κ1) is 12.1. The van der Waals surface area contributed by atoms with Crippen molar-refractivity contribution in [1.29, 1.82) is 0 Å². The number of rotatable bonds is 2. The third-order valence-electron chi connectivity index (χ3n) is 2.91. The van der Waals surface area contributed by atoms with E-state index in [1.807, 2.05) is 11.4 Å². The molecule has 0 radical (unpaired) electrons. The lowest BCUT2D eigenvalue weighted by atomic mass is 10.00. The Morgan fingerprint density at radius 1 is 1.69 bits per heavy atom. The zero-order chi connectivity index (χ0) is 11.5. The number of piperidine rings is 1. The van der Waals surface area contributed by atoms with Crippen LogP contribution >= 0.6 is 27.3 Å². The van der Waals surface area contributed by atoms with Gasteiger partial charge in [0, 0.05) is 17.5 Å². The first-order valence-corrected chi connectivity index (χ1v) is 7.12. The Morgan fingerprint density at radius 2 is 2.50 bits per heavy atom. The minimum atomic E-state index is 0.0301. The molecule has 1 aliphatic rings. The van der Waals surface area contributed by atoms with E-state index in [2.05, 4.69) is 33.5 Å². The van der Waals surface area contributed by atoms with Crippen molar-refractivity contribution in [2.24, 2.45) is 0 Å². The maximum atomic E-state index is 11.9. The Kier molecular flexibility index (Phi) is 4.00. The molecule has 1 aromatic heterocycles. The molecule has 1 amide bonds. The minimum absolute atomic E-state index is 0.0301. The van der Waals surface area contributed by atoms with E-state index in [-0.39, 0.29) is 11.9 Å². The second-order valence-corrected chi connectivity index (χ2v) is 6.39. The fourth-order valence-corrected chi connectivity index (χ4v) is 3.06. The third kappa shape index (κ3) is 2.84. The second-order valence-electron chi connectivity index (χ2n) is 4.10. The normalized spacial score (nSPS) is 25.4. The number of nitrogens with one attached hydrogen (secondary N) is 2. The zero-order valence-corrected chi connectivity index (χ0v) is 11.5. The van der Waals surface area contributed by atoms with E-state index in [9.17, 15) is 4.79 Å². The van der Waals surface area contributed by atoms with Gasteiger partial charge in [-0.05, 0) is 48.3 Å². The van der Waals surface area contributed by atoms with E-state index in [4.69, 9.17) is 0 Å². The first-order valence-electron chi connectivity index (χ1n) is 5.45. The van der Waals surface area contributed by atoms with Gasteiger partial charge in [-0.15, -0.1) is 11.3 Å². The lowest BCUT2D eigenvalue weighted by Crippen LogP contribution is -2.51. The van der Waals surface area contributed by atoms with Gasteiger partial charge >= 0.3 is 0 Å². The highest BCUT2D eigenvalue weighted by molar-refractivity contribution is 9.11. The van der Waals surface area contributed by atoms with Crippen LogP contribution in [0.2, 0.25) is 0 Å². The van der Waals surface area contributed by atoms with Gasteiger partial charge in [0.15, 0.2) is 0 Å². The van der Waals surface area contributed by atoms with Crippen molar-refractivity contribution in [3.8, 4) is 0 Å². The summed E-state index contributed by atoms with van der Waals surface area (Å²) >= 11 is 4.90. The monoisotopic (exact) mass is 302 g/mol. The number of carbonyl (C=O) groups excluding carboxylic acids is 1.